The van der Waals surface area contributed by atoms with E-state index < -0.39 is 49.8 Å². The Morgan fingerprint density at radius 1 is 0.974 bits per heavy atom. The molecule has 2 heterocycles. The van der Waals surface area contributed by atoms with Crippen LogP contribution in [0.4, 0.5) is 29.5 Å². The van der Waals surface area contributed by atoms with Crippen molar-refractivity contribution < 1.29 is 37.0 Å². The molecule has 3 N–H and O–H groups in total. The third kappa shape index (κ3) is 6.05. The minimum absolute atomic E-state index is 0.00856. The number of nitrogens with one attached hydrogen (secondary N) is 1. The molecular formula is C23H22F6N4O3S2. The first-order chi connectivity index (χ1) is 17.4. The fraction of sp³-hybridized carbons (Fsp3) is 0.217. The van der Waals surface area contributed by atoms with Crippen molar-refractivity contribution in [2.45, 2.75) is 28.4 Å². The number of benzene rings is 2. The molecule has 1 fully saturated rings. The van der Waals surface area contributed by atoms with Crippen LogP contribution in [-0.2, 0) is 10.0 Å². The van der Waals surface area contributed by atoms with Crippen molar-refractivity contribution in [1.82, 2.24) is 9.29 Å². The van der Waals surface area contributed by atoms with Crippen LogP contribution in [0.15, 0.2) is 76.7 Å². The molecule has 38 heavy (non-hydrogen) atoms. The number of carbonyl (C=O) groups is 1. The lowest BCUT2D eigenvalue weighted by molar-refractivity contribution is 0.0995. The third-order valence-corrected chi connectivity index (χ3v) is 9.04. The Hall–Kier alpha value is -3.30. The average molecular weight is 581 g/mol. The van der Waals surface area contributed by atoms with Gasteiger partial charge in [0.2, 0.25) is 10.0 Å². The van der Waals surface area contributed by atoms with Gasteiger partial charge in [0.1, 0.15) is 16.8 Å². The molecule has 2 aromatic carbocycles. The minimum Gasteiger partial charge on any atom is -0.379 e. The van der Waals surface area contributed by atoms with Crippen LogP contribution in [0.3, 0.4) is 0 Å². The number of pyridine rings is 1. The van der Waals surface area contributed by atoms with Crippen molar-refractivity contribution >= 4 is 31.8 Å². The zero-order valence-corrected chi connectivity index (χ0v) is 21.0. The zero-order valence-electron chi connectivity index (χ0n) is 19.4. The molecule has 0 radical (unpaired) electrons. The van der Waals surface area contributed by atoms with Gasteiger partial charge in [-0.2, -0.15) is 4.31 Å². The second-order valence-electron chi connectivity index (χ2n) is 8.73. The molecular weight excluding hydrogens is 558 g/mol. The number of rotatable bonds is 7. The maximum absolute atomic E-state index is 14.9. The van der Waals surface area contributed by atoms with E-state index in [1.807, 2.05) is 0 Å². The van der Waals surface area contributed by atoms with Gasteiger partial charge in [0.05, 0.1) is 10.9 Å². The molecule has 15 heteroatoms. The maximum Gasteiger partial charge on any atom is 0.310 e. The number of anilines is 1. The van der Waals surface area contributed by atoms with E-state index in [9.17, 15) is 37.0 Å². The first kappa shape index (κ1) is 27.7. The quantitative estimate of drug-likeness (QED) is 0.348. The molecule has 1 aliphatic rings. The topological polar surface area (TPSA) is 105 Å². The number of amides is 1. The summed E-state index contributed by atoms with van der Waals surface area (Å²) in [5, 5.41) is 2.65. The van der Waals surface area contributed by atoms with Gasteiger partial charge in [-0.05, 0) is 66.1 Å². The number of hydrogen-bond acceptors (Lipinski definition) is 5. The Labute approximate surface area is 214 Å². The van der Waals surface area contributed by atoms with E-state index in [-0.39, 0.29) is 41.4 Å². The van der Waals surface area contributed by atoms with Crippen molar-refractivity contribution in [2.75, 3.05) is 18.4 Å². The summed E-state index contributed by atoms with van der Waals surface area (Å²) in [6, 6.07) is 9.85. The first-order valence-electron chi connectivity index (χ1n) is 11.1. The number of aromatic nitrogens is 1. The van der Waals surface area contributed by atoms with Crippen molar-refractivity contribution in [2.24, 2.45) is 5.73 Å². The van der Waals surface area contributed by atoms with Gasteiger partial charge in [-0.3, -0.25) is 9.78 Å². The second-order valence-corrected chi connectivity index (χ2v) is 13.1. The number of carbonyl (C=O) groups excluding carboxylic acids is 1. The van der Waals surface area contributed by atoms with Crippen LogP contribution < -0.4 is 11.1 Å². The molecule has 4 rings (SSSR count). The lowest BCUT2D eigenvalue weighted by Gasteiger charge is -2.40. The summed E-state index contributed by atoms with van der Waals surface area (Å²) in [6.45, 7) is -0.602. The first-order valence-corrected chi connectivity index (χ1v) is 14.4. The normalized spacial score (nSPS) is 20.8. The summed E-state index contributed by atoms with van der Waals surface area (Å²) < 4.78 is 106. The Balaban J connectivity index is 1.43. The van der Waals surface area contributed by atoms with E-state index in [2.05, 4.69) is 10.3 Å². The third-order valence-electron chi connectivity index (χ3n) is 5.99. The van der Waals surface area contributed by atoms with Gasteiger partial charge in [0.15, 0.2) is 0 Å². The largest absolute Gasteiger partial charge is 0.379 e. The van der Waals surface area contributed by atoms with E-state index >= 15 is 0 Å². The number of halogens is 6. The molecule has 1 aliphatic heterocycles. The molecule has 1 aromatic heterocycles. The van der Waals surface area contributed by atoms with E-state index in [1.54, 1.807) is 6.07 Å². The van der Waals surface area contributed by atoms with Crippen LogP contribution >= 0.6 is 10.2 Å². The summed E-state index contributed by atoms with van der Waals surface area (Å²) in [6.07, 6.45) is -0.354. The lowest BCUT2D eigenvalue weighted by atomic mass is 10.0. The van der Waals surface area contributed by atoms with Crippen LogP contribution in [-0.4, -0.2) is 48.9 Å². The Bertz CT molecular complexity index is 1470. The predicted molar refractivity (Wildman–Crippen MR) is 132 cm³/mol. The summed E-state index contributed by atoms with van der Waals surface area (Å²) >= 11 is 0. The maximum atomic E-state index is 14.9. The summed E-state index contributed by atoms with van der Waals surface area (Å²) in [4.78, 5) is 13.0. The molecule has 0 saturated carbocycles. The monoisotopic (exact) mass is 580 g/mol. The van der Waals surface area contributed by atoms with Gasteiger partial charge >= 0.3 is 10.2 Å². The Morgan fingerprint density at radius 3 is 2.16 bits per heavy atom. The summed E-state index contributed by atoms with van der Waals surface area (Å²) in [5.41, 5.74) is 6.44. The lowest BCUT2D eigenvalue weighted by Crippen LogP contribution is -2.49. The van der Waals surface area contributed by atoms with Gasteiger partial charge in [0, 0.05) is 25.0 Å². The molecule has 2 atom stereocenters. The van der Waals surface area contributed by atoms with Crippen LogP contribution in [0.1, 0.15) is 16.9 Å². The van der Waals surface area contributed by atoms with E-state index in [0.29, 0.717) is 11.1 Å². The highest BCUT2D eigenvalue weighted by molar-refractivity contribution is 8.45. The van der Waals surface area contributed by atoms with E-state index in [1.165, 1.54) is 36.5 Å². The van der Waals surface area contributed by atoms with Crippen molar-refractivity contribution in [1.29, 1.82) is 0 Å². The minimum atomic E-state index is -9.82. The van der Waals surface area contributed by atoms with Crippen LogP contribution in [0.25, 0.3) is 11.1 Å². The SMILES string of the molecule is NC(=O)c1cc(-c2ccc(S(=O)(=O)N3CC[C@H](Nc4ccc(S(F)(F)(F)(F)F)cc4)[C@@H](F)C3)cc2)ccn1. The molecule has 1 amide bonds. The molecule has 206 valence electrons. The van der Waals surface area contributed by atoms with Gasteiger partial charge in [-0.25, -0.2) is 12.8 Å². The predicted octanol–water partition coefficient (Wildman–Crippen LogP) is 5.72. The standard InChI is InChI=1S/C23H22F6N4O3S2/c24-20-14-33(12-10-21(20)32-17-3-7-19(8-4-17)38(25,26,27,28)29)37(35,36)18-5-1-15(2-6-18)16-9-11-31-22(13-16)23(30)34/h1-9,11,13,20-21,32H,10,12,14H2,(H2,30,34)/t20-,21-/m0/s1. The molecule has 0 spiro atoms. The Morgan fingerprint density at radius 2 is 1.61 bits per heavy atom. The average Bonchev–Trinajstić information content (AvgIpc) is 2.84. The number of nitrogens with zero attached hydrogens (tertiary/aromatic N) is 2. The number of alkyl halides is 1. The second kappa shape index (κ2) is 8.88. The summed E-state index contributed by atoms with van der Waals surface area (Å²) in [7, 11) is -13.9. The van der Waals surface area contributed by atoms with Gasteiger partial charge in [-0.1, -0.05) is 31.6 Å². The molecule has 0 unspecified atom stereocenters. The van der Waals surface area contributed by atoms with Crippen molar-refractivity contribution in [3.8, 4) is 11.1 Å². The van der Waals surface area contributed by atoms with Crippen molar-refractivity contribution in [3.63, 3.8) is 0 Å². The van der Waals surface area contributed by atoms with Crippen LogP contribution in [0, 0.1) is 0 Å². The van der Waals surface area contributed by atoms with Gasteiger partial charge in [0.25, 0.3) is 5.91 Å². The molecule has 0 aliphatic carbocycles. The zero-order chi connectivity index (χ0) is 28.0. The Kier molecular flexibility index (Phi) is 6.48. The molecule has 0 bridgehead atoms. The summed E-state index contributed by atoms with van der Waals surface area (Å²) in [5.74, 6) is -0.717. The van der Waals surface area contributed by atoms with Crippen LogP contribution in [0.5, 0.6) is 0 Å². The fourth-order valence-electron chi connectivity index (χ4n) is 3.99. The smallest absolute Gasteiger partial charge is 0.310 e. The highest BCUT2D eigenvalue weighted by atomic mass is 32.5. The van der Waals surface area contributed by atoms with Gasteiger partial charge in [-0.15, -0.1) is 0 Å². The highest BCUT2D eigenvalue weighted by Gasteiger charge is 2.65. The number of primary amides is 1. The van der Waals surface area contributed by atoms with E-state index in [0.717, 1.165) is 16.4 Å². The number of hydrogen-bond donors (Lipinski definition) is 2. The number of piperidine rings is 1. The van der Waals surface area contributed by atoms with Gasteiger partial charge < -0.3 is 11.1 Å². The number of sulfonamides is 1. The fourth-order valence-corrected chi connectivity index (χ4v) is 6.11. The van der Waals surface area contributed by atoms with Crippen molar-refractivity contribution in [3.05, 3.63) is 72.6 Å². The van der Waals surface area contributed by atoms with Crippen LogP contribution in [0.2, 0.25) is 0 Å². The molecule has 3 aromatic rings. The molecule has 1 saturated heterocycles. The van der Waals surface area contributed by atoms with E-state index in [4.69, 9.17) is 5.73 Å². The molecule has 7 nitrogen and oxygen atoms in total. The highest BCUT2D eigenvalue weighted by Crippen LogP contribution is 3.02. The number of nitrogens with two attached hydrogens (primary N) is 1.